The van der Waals surface area contributed by atoms with E-state index in [1.165, 1.54) is 4.90 Å². The lowest BCUT2D eigenvalue weighted by Crippen LogP contribution is -2.35. The second kappa shape index (κ2) is 7.31. The van der Waals surface area contributed by atoms with Crippen molar-refractivity contribution in [3.05, 3.63) is 23.8 Å². The van der Waals surface area contributed by atoms with Gasteiger partial charge in [-0.2, -0.15) is 0 Å². The van der Waals surface area contributed by atoms with Crippen LogP contribution >= 0.6 is 0 Å². The molecule has 118 valence electrons. The summed E-state index contributed by atoms with van der Waals surface area (Å²) in [5.41, 5.74) is 1.01. The summed E-state index contributed by atoms with van der Waals surface area (Å²) < 4.78 is 10.9. The summed E-state index contributed by atoms with van der Waals surface area (Å²) in [7, 11) is 5.02. The molecule has 0 unspecified atom stereocenters. The average Bonchev–Trinajstić information content (AvgIpc) is 2.41. The summed E-state index contributed by atoms with van der Waals surface area (Å²) in [6.45, 7) is 6.99. The molecule has 5 heteroatoms. The maximum Gasteiger partial charge on any atom is 0.259 e. The Bertz CT molecular complexity index is 479. The Kier molecular flexibility index (Phi) is 6.03. The van der Waals surface area contributed by atoms with Crippen LogP contribution in [-0.4, -0.2) is 44.2 Å². The molecular weight excluding hydrogens is 268 g/mol. The summed E-state index contributed by atoms with van der Waals surface area (Å²) in [4.78, 5) is 13.2. The molecule has 0 aromatic heterocycles. The molecule has 0 aliphatic heterocycles. The molecule has 0 aliphatic rings. The fourth-order valence-corrected chi connectivity index (χ4v) is 1.57. The number of benzene rings is 1. The van der Waals surface area contributed by atoms with Gasteiger partial charge in [-0.15, -0.1) is 0 Å². The molecule has 0 radical (unpaired) electrons. The van der Waals surface area contributed by atoms with Gasteiger partial charge in [0, 0.05) is 37.8 Å². The third-order valence-corrected chi connectivity index (χ3v) is 2.93. The zero-order chi connectivity index (χ0) is 16.0. The Morgan fingerprint density at radius 1 is 1.29 bits per heavy atom. The summed E-state index contributed by atoms with van der Waals surface area (Å²) in [6, 6.07) is 5.65. The van der Waals surface area contributed by atoms with E-state index in [1.807, 2.05) is 18.2 Å². The van der Waals surface area contributed by atoms with Gasteiger partial charge in [0.1, 0.15) is 11.5 Å². The highest BCUT2D eigenvalue weighted by molar-refractivity contribution is 5.77. The molecule has 0 bridgehead atoms. The number of hydrogen-bond donors (Lipinski definition) is 1. The van der Waals surface area contributed by atoms with Gasteiger partial charge in [-0.05, 0) is 26.8 Å². The first-order valence-corrected chi connectivity index (χ1v) is 6.98. The lowest BCUT2D eigenvalue weighted by Gasteiger charge is -2.22. The molecule has 1 N–H and O–H groups in total. The van der Waals surface area contributed by atoms with E-state index in [0.717, 1.165) is 5.56 Å². The monoisotopic (exact) mass is 294 g/mol. The van der Waals surface area contributed by atoms with Gasteiger partial charge in [-0.3, -0.25) is 4.79 Å². The van der Waals surface area contributed by atoms with Crippen LogP contribution < -0.4 is 14.8 Å². The number of nitrogens with one attached hydrogen (secondary N) is 1. The smallest absolute Gasteiger partial charge is 0.259 e. The van der Waals surface area contributed by atoms with Crippen LogP contribution in [0.4, 0.5) is 0 Å². The van der Waals surface area contributed by atoms with E-state index in [0.29, 0.717) is 18.0 Å². The molecule has 21 heavy (non-hydrogen) atoms. The lowest BCUT2D eigenvalue weighted by molar-refractivity contribution is -0.130. The molecule has 5 nitrogen and oxygen atoms in total. The van der Waals surface area contributed by atoms with E-state index in [2.05, 4.69) is 26.1 Å². The quantitative estimate of drug-likeness (QED) is 0.872. The van der Waals surface area contributed by atoms with Crippen LogP contribution in [-0.2, 0) is 11.3 Å². The van der Waals surface area contributed by atoms with Gasteiger partial charge in [0.05, 0.1) is 7.11 Å². The largest absolute Gasteiger partial charge is 0.497 e. The first kappa shape index (κ1) is 17.3. The number of carbonyl (C=O) groups is 1. The van der Waals surface area contributed by atoms with E-state index in [1.54, 1.807) is 21.2 Å². The number of hydrogen-bond acceptors (Lipinski definition) is 4. The topological polar surface area (TPSA) is 50.8 Å². The summed E-state index contributed by atoms with van der Waals surface area (Å²) >= 11 is 0. The SMILES string of the molecule is COc1ccc(CNC(C)(C)C)c(OCC(=O)N(C)C)c1. The van der Waals surface area contributed by atoms with Gasteiger partial charge in [-0.25, -0.2) is 0 Å². The van der Waals surface area contributed by atoms with Gasteiger partial charge in [-0.1, -0.05) is 6.07 Å². The normalized spacial score (nSPS) is 11.1. The average molecular weight is 294 g/mol. The van der Waals surface area contributed by atoms with Crippen LogP contribution in [0.3, 0.4) is 0 Å². The molecule has 0 saturated heterocycles. The molecule has 1 rings (SSSR count). The fourth-order valence-electron chi connectivity index (χ4n) is 1.57. The minimum Gasteiger partial charge on any atom is -0.497 e. The van der Waals surface area contributed by atoms with Crippen molar-refractivity contribution < 1.29 is 14.3 Å². The number of rotatable bonds is 6. The van der Waals surface area contributed by atoms with Crippen LogP contribution in [0, 0.1) is 0 Å². The van der Waals surface area contributed by atoms with Gasteiger partial charge >= 0.3 is 0 Å². The lowest BCUT2D eigenvalue weighted by atomic mass is 10.1. The summed E-state index contributed by atoms with van der Waals surface area (Å²) in [5, 5.41) is 3.41. The van der Waals surface area contributed by atoms with E-state index in [9.17, 15) is 4.79 Å². The predicted molar refractivity (Wildman–Crippen MR) is 83.8 cm³/mol. The maximum absolute atomic E-state index is 11.7. The van der Waals surface area contributed by atoms with Crippen molar-refractivity contribution in [2.24, 2.45) is 0 Å². The van der Waals surface area contributed by atoms with Crippen molar-refractivity contribution in [2.45, 2.75) is 32.9 Å². The van der Waals surface area contributed by atoms with Crippen molar-refractivity contribution >= 4 is 5.91 Å². The van der Waals surface area contributed by atoms with Gasteiger partial charge in [0.15, 0.2) is 6.61 Å². The number of methoxy groups -OCH3 is 1. The standard InChI is InChI=1S/C16H26N2O3/c1-16(2,3)17-10-12-7-8-13(20-6)9-14(12)21-11-15(19)18(4)5/h7-9,17H,10-11H2,1-6H3. The van der Waals surface area contributed by atoms with E-state index in [4.69, 9.17) is 9.47 Å². The Morgan fingerprint density at radius 2 is 1.95 bits per heavy atom. The van der Waals surface area contributed by atoms with Gasteiger partial charge in [0.25, 0.3) is 5.91 Å². The highest BCUT2D eigenvalue weighted by Gasteiger charge is 2.13. The third kappa shape index (κ3) is 6.04. The van der Waals surface area contributed by atoms with Gasteiger partial charge < -0.3 is 19.7 Å². The zero-order valence-electron chi connectivity index (χ0n) is 13.8. The van der Waals surface area contributed by atoms with Crippen LogP contribution in [0.1, 0.15) is 26.3 Å². The van der Waals surface area contributed by atoms with Crippen molar-refractivity contribution in [1.29, 1.82) is 0 Å². The Balaban J connectivity index is 2.84. The van der Waals surface area contributed by atoms with E-state index in [-0.39, 0.29) is 18.1 Å². The van der Waals surface area contributed by atoms with Crippen molar-refractivity contribution in [3.8, 4) is 11.5 Å². The molecule has 0 spiro atoms. The van der Waals surface area contributed by atoms with Crippen LogP contribution in [0.15, 0.2) is 18.2 Å². The van der Waals surface area contributed by atoms with Crippen molar-refractivity contribution in [2.75, 3.05) is 27.8 Å². The summed E-state index contributed by atoms with van der Waals surface area (Å²) in [6.07, 6.45) is 0. The minimum atomic E-state index is -0.0763. The molecule has 1 aromatic rings. The van der Waals surface area contributed by atoms with Crippen molar-refractivity contribution in [1.82, 2.24) is 10.2 Å². The minimum absolute atomic E-state index is 0.0106. The number of ether oxygens (including phenoxy) is 2. The molecule has 0 aliphatic carbocycles. The highest BCUT2D eigenvalue weighted by Crippen LogP contribution is 2.25. The Morgan fingerprint density at radius 3 is 2.48 bits per heavy atom. The second-order valence-electron chi connectivity index (χ2n) is 6.15. The van der Waals surface area contributed by atoms with E-state index >= 15 is 0 Å². The second-order valence-corrected chi connectivity index (χ2v) is 6.15. The highest BCUT2D eigenvalue weighted by atomic mass is 16.5. The Labute approximate surface area is 127 Å². The number of likely N-dealkylation sites (N-methyl/N-ethyl adjacent to an activating group) is 1. The van der Waals surface area contributed by atoms with Gasteiger partial charge in [0.2, 0.25) is 0 Å². The van der Waals surface area contributed by atoms with Crippen molar-refractivity contribution in [3.63, 3.8) is 0 Å². The molecule has 0 atom stereocenters. The maximum atomic E-state index is 11.7. The molecule has 1 amide bonds. The molecule has 0 saturated carbocycles. The van der Waals surface area contributed by atoms with E-state index < -0.39 is 0 Å². The van der Waals surface area contributed by atoms with Crippen LogP contribution in [0.25, 0.3) is 0 Å². The Hall–Kier alpha value is -1.75. The molecular formula is C16H26N2O3. The summed E-state index contributed by atoms with van der Waals surface area (Å²) in [5.74, 6) is 1.30. The molecule has 0 fully saturated rings. The number of carbonyl (C=O) groups excluding carboxylic acids is 1. The predicted octanol–water partition coefficient (Wildman–Crippen LogP) is 2.05. The van der Waals surface area contributed by atoms with Crippen LogP contribution in [0.2, 0.25) is 0 Å². The number of nitrogens with zero attached hydrogens (tertiary/aromatic N) is 1. The molecule has 1 aromatic carbocycles. The zero-order valence-corrected chi connectivity index (χ0v) is 13.8. The molecule has 0 heterocycles. The van der Waals surface area contributed by atoms with Crippen LogP contribution in [0.5, 0.6) is 11.5 Å². The third-order valence-electron chi connectivity index (χ3n) is 2.93. The first-order valence-electron chi connectivity index (χ1n) is 6.98. The number of amides is 1. The first-order chi connectivity index (χ1) is 9.73. The fraction of sp³-hybridized carbons (Fsp3) is 0.562.